The normalized spacial score (nSPS) is 16.0. The monoisotopic (exact) mass is 536 g/mol. The molecule has 2 N–H and O–H groups in total. The number of halogens is 1. The highest BCUT2D eigenvalue weighted by Gasteiger charge is 2.18. The van der Waals surface area contributed by atoms with Crippen LogP contribution in [0, 0.1) is 0 Å². The summed E-state index contributed by atoms with van der Waals surface area (Å²) < 4.78 is 28.6. The predicted octanol–water partition coefficient (Wildman–Crippen LogP) is 2.29. The topological polar surface area (TPSA) is 83.0 Å². The van der Waals surface area contributed by atoms with Gasteiger partial charge in [-0.05, 0) is 44.0 Å². The molecule has 1 aromatic carbocycles. The molecule has 0 radical (unpaired) electrons. The highest BCUT2D eigenvalue weighted by atomic mass is 127. The van der Waals surface area contributed by atoms with E-state index in [0.717, 1.165) is 45.0 Å². The van der Waals surface area contributed by atoms with Crippen LogP contribution in [0.15, 0.2) is 46.8 Å². The molecule has 0 atom stereocenters. The Morgan fingerprint density at radius 2 is 1.97 bits per heavy atom. The van der Waals surface area contributed by atoms with Gasteiger partial charge >= 0.3 is 0 Å². The number of hydrogen-bond donors (Lipinski definition) is 2. The summed E-state index contributed by atoms with van der Waals surface area (Å²) in [5, 5.41) is 6.78. The lowest BCUT2D eigenvalue weighted by Crippen LogP contribution is -2.48. The maximum Gasteiger partial charge on any atom is 0.191 e. The van der Waals surface area contributed by atoms with Gasteiger partial charge in [0.15, 0.2) is 15.8 Å². The number of rotatable bonds is 9. The molecule has 2 rings (SSSR count). The lowest BCUT2D eigenvalue weighted by molar-refractivity contribution is 0.225. The molecule has 9 heteroatoms. The van der Waals surface area contributed by atoms with Crippen molar-refractivity contribution in [3.05, 3.63) is 36.9 Å². The average molecular weight is 536 g/mol. The van der Waals surface area contributed by atoms with Crippen molar-refractivity contribution >= 4 is 39.8 Å². The third-order valence-corrected chi connectivity index (χ3v) is 5.67. The van der Waals surface area contributed by atoms with Crippen LogP contribution in [0.3, 0.4) is 0 Å². The van der Waals surface area contributed by atoms with Gasteiger partial charge in [0.1, 0.15) is 12.4 Å². The number of likely N-dealkylation sites (tertiary alicyclic amines) is 1. The fourth-order valence-electron chi connectivity index (χ4n) is 3.06. The molecule has 29 heavy (non-hydrogen) atoms. The van der Waals surface area contributed by atoms with Crippen molar-refractivity contribution in [3.63, 3.8) is 0 Å². The third-order valence-electron chi connectivity index (χ3n) is 4.54. The van der Waals surface area contributed by atoms with Crippen molar-refractivity contribution in [2.45, 2.75) is 30.7 Å². The van der Waals surface area contributed by atoms with E-state index in [0.29, 0.717) is 24.9 Å². The van der Waals surface area contributed by atoms with Crippen LogP contribution in [0.1, 0.15) is 19.8 Å². The molecule has 0 aromatic heterocycles. The number of aliphatic imine (C=N–C) groups is 1. The van der Waals surface area contributed by atoms with E-state index in [9.17, 15) is 8.42 Å². The highest BCUT2D eigenvalue weighted by molar-refractivity contribution is 14.0. The van der Waals surface area contributed by atoms with Gasteiger partial charge in [-0.15, -0.1) is 30.6 Å². The number of guanidine groups is 1. The Balaban J connectivity index is 0.00000420. The zero-order chi connectivity index (χ0) is 20.4. The minimum atomic E-state index is -3.19. The number of ether oxygens (including phenoxy) is 1. The van der Waals surface area contributed by atoms with Crippen molar-refractivity contribution in [2.75, 3.05) is 45.6 Å². The Bertz CT molecular complexity index is 745. The Kier molecular flexibility index (Phi) is 11.6. The summed E-state index contributed by atoms with van der Waals surface area (Å²) >= 11 is 0. The van der Waals surface area contributed by atoms with Crippen LogP contribution in [-0.4, -0.2) is 70.9 Å². The summed E-state index contributed by atoms with van der Waals surface area (Å²) in [4.78, 5) is 7.27. The van der Waals surface area contributed by atoms with E-state index in [1.54, 1.807) is 24.3 Å². The van der Waals surface area contributed by atoms with Crippen LogP contribution in [-0.2, 0) is 9.84 Å². The lowest BCUT2D eigenvalue weighted by atomic mass is 10.1. The van der Waals surface area contributed by atoms with Crippen LogP contribution < -0.4 is 15.4 Å². The van der Waals surface area contributed by atoms with Crippen LogP contribution >= 0.6 is 24.0 Å². The molecule has 0 aliphatic carbocycles. The zero-order valence-corrected chi connectivity index (χ0v) is 20.4. The Morgan fingerprint density at radius 3 is 2.52 bits per heavy atom. The first kappa shape index (κ1) is 25.7. The van der Waals surface area contributed by atoms with E-state index in [1.807, 2.05) is 13.0 Å². The van der Waals surface area contributed by atoms with Crippen LogP contribution in [0.4, 0.5) is 0 Å². The first-order valence-electron chi connectivity index (χ1n) is 9.73. The summed E-state index contributed by atoms with van der Waals surface area (Å²) in [5.41, 5.74) is 0. The molecule has 1 aromatic rings. The summed E-state index contributed by atoms with van der Waals surface area (Å²) in [6.45, 7) is 10.7. The molecule has 0 unspecified atom stereocenters. The van der Waals surface area contributed by atoms with Crippen molar-refractivity contribution in [3.8, 4) is 5.75 Å². The number of piperidine rings is 1. The van der Waals surface area contributed by atoms with Crippen LogP contribution in [0.25, 0.3) is 0 Å². The van der Waals surface area contributed by atoms with Crippen molar-refractivity contribution < 1.29 is 13.2 Å². The van der Waals surface area contributed by atoms with E-state index in [2.05, 4.69) is 27.1 Å². The van der Waals surface area contributed by atoms with Gasteiger partial charge in [-0.25, -0.2) is 13.4 Å². The SMILES string of the molecule is C=CCN1CCC(NC(=NCCOc2ccc(S(C)(=O)=O)cc2)NCC)CC1.I. The number of nitrogens with one attached hydrogen (secondary N) is 2. The van der Waals surface area contributed by atoms with E-state index in [4.69, 9.17) is 4.74 Å². The second-order valence-electron chi connectivity index (χ2n) is 6.86. The Morgan fingerprint density at radius 1 is 1.31 bits per heavy atom. The van der Waals surface area contributed by atoms with E-state index < -0.39 is 9.84 Å². The quantitative estimate of drug-likeness (QED) is 0.166. The van der Waals surface area contributed by atoms with Crippen LogP contribution in [0.2, 0.25) is 0 Å². The van der Waals surface area contributed by atoms with Crippen LogP contribution in [0.5, 0.6) is 5.75 Å². The highest BCUT2D eigenvalue weighted by Crippen LogP contribution is 2.15. The molecule has 0 saturated carbocycles. The number of nitrogens with zero attached hydrogens (tertiary/aromatic N) is 2. The molecular weight excluding hydrogens is 503 g/mol. The molecule has 1 aliphatic rings. The standard InChI is InChI=1S/C20H32N4O3S.HI/c1-4-13-24-14-10-17(11-15-24)23-20(21-5-2)22-12-16-27-18-6-8-19(9-7-18)28(3,25)26;/h4,6-9,17H,1,5,10-16H2,2-3H3,(H2,21,22,23);1H. The molecule has 0 spiro atoms. The average Bonchev–Trinajstić information content (AvgIpc) is 2.67. The first-order chi connectivity index (χ1) is 13.4. The van der Waals surface area contributed by atoms with Gasteiger partial charge in [0, 0.05) is 38.5 Å². The zero-order valence-electron chi connectivity index (χ0n) is 17.3. The maximum atomic E-state index is 11.5. The molecule has 7 nitrogen and oxygen atoms in total. The molecule has 0 bridgehead atoms. The number of sulfone groups is 1. The third kappa shape index (κ3) is 9.35. The minimum absolute atomic E-state index is 0. The van der Waals surface area contributed by atoms with Crippen molar-refractivity contribution in [1.29, 1.82) is 0 Å². The number of benzene rings is 1. The summed E-state index contributed by atoms with van der Waals surface area (Å²) in [6, 6.07) is 6.86. The fraction of sp³-hybridized carbons (Fsp3) is 0.550. The second-order valence-corrected chi connectivity index (χ2v) is 8.88. The smallest absolute Gasteiger partial charge is 0.191 e. The van der Waals surface area contributed by atoms with E-state index in [-0.39, 0.29) is 28.9 Å². The van der Waals surface area contributed by atoms with Gasteiger partial charge in [0.25, 0.3) is 0 Å². The Labute approximate surface area is 191 Å². The van der Waals surface area contributed by atoms with Crippen molar-refractivity contribution in [2.24, 2.45) is 4.99 Å². The summed E-state index contributed by atoms with van der Waals surface area (Å²) in [7, 11) is -3.19. The Hall–Kier alpha value is -1.33. The molecule has 1 aliphatic heterocycles. The van der Waals surface area contributed by atoms with Gasteiger partial charge in [0.05, 0.1) is 11.4 Å². The minimum Gasteiger partial charge on any atom is -0.492 e. The molecular formula is C20H33IN4O3S. The molecule has 0 amide bonds. The summed E-state index contributed by atoms with van der Waals surface area (Å²) in [5.74, 6) is 1.44. The van der Waals surface area contributed by atoms with Gasteiger partial charge in [-0.2, -0.15) is 0 Å². The van der Waals surface area contributed by atoms with Gasteiger partial charge < -0.3 is 15.4 Å². The van der Waals surface area contributed by atoms with Gasteiger partial charge in [-0.1, -0.05) is 6.08 Å². The van der Waals surface area contributed by atoms with Crippen molar-refractivity contribution in [1.82, 2.24) is 15.5 Å². The van der Waals surface area contributed by atoms with E-state index >= 15 is 0 Å². The molecule has 1 heterocycles. The second kappa shape index (κ2) is 13.1. The number of hydrogen-bond acceptors (Lipinski definition) is 5. The van der Waals surface area contributed by atoms with Gasteiger partial charge in [0.2, 0.25) is 0 Å². The van der Waals surface area contributed by atoms with E-state index in [1.165, 1.54) is 6.26 Å². The predicted molar refractivity (Wildman–Crippen MR) is 129 cm³/mol. The lowest BCUT2D eigenvalue weighted by Gasteiger charge is -2.32. The molecule has 1 fully saturated rings. The molecule has 164 valence electrons. The maximum absolute atomic E-state index is 11.5. The largest absolute Gasteiger partial charge is 0.492 e. The first-order valence-corrected chi connectivity index (χ1v) is 11.6. The fourth-order valence-corrected chi connectivity index (χ4v) is 3.69. The van der Waals surface area contributed by atoms with Gasteiger partial charge in [-0.3, -0.25) is 4.90 Å². The molecule has 1 saturated heterocycles. The summed E-state index contributed by atoms with van der Waals surface area (Å²) in [6.07, 6.45) is 5.31.